The van der Waals surface area contributed by atoms with Crippen LogP contribution in [0.1, 0.15) is 23.6 Å². The van der Waals surface area contributed by atoms with Gasteiger partial charge in [0.25, 0.3) is 0 Å². The zero-order valence-corrected chi connectivity index (χ0v) is 21.0. The summed E-state index contributed by atoms with van der Waals surface area (Å²) in [5, 5.41) is 1.02. The summed E-state index contributed by atoms with van der Waals surface area (Å²) < 4.78 is 51.0. The van der Waals surface area contributed by atoms with E-state index in [1.54, 1.807) is 18.3 Å². The number of rotatable bonds is 5. The number of hydrogen-bond acceptors (Lipinski definition) is 3. The molecule has 2 heterocycles. The zero-order valence-electron chi connectivity index (χ0n) is 21.0. The summed E-state index contributed by atoms with van der Waals surface area (Å²) in [5.74, 6) is -1.58. The van der Waals surface area contributed by atoms with Crippen LogP contribution in [0.15, 0.2) is 97.2 Å². The second-order valence-electron chi connectivity index (χ2n) is 8.83. The van der Waals surface area contributed by atoms with Crippen LogP contribution in [0.5, 0.6) is 0 Å². The first-order valence-electron chi connectivity index (χ1n) is 12.2. The molecule has 2 aromatic heterocycles. The van der Waals surface area contributed by atoms with Crippen molar-refractivity contribution in [3.8, 4) is 22.4 Å². The van der Waals surface area contributed by atoms with E-state index in [2.05, 4.69) is 9.97 Å². The Morgan fingerprint density at radius 3 is 2.10 bits per heavy atom. The minimum absolute atomic E-state index is 0.257. The molecule has 0 bridgehead atoms. The van der Waals surface area contributed by atoms with E-state index in [0.29, 0.717) is 11.1 Å². The van der Waals surface area contributed by atoms with Gasteiger partial charge >= 0.3 is 6.18 Å². The molecule has 8 heteroatoms. The number of carbonyl (C=O) groups excluding carboxylic acids is 1. The van der Waals surface area contributed by atoms with Gasteiger partial charge < -0.3 is 5.73 Å². The van der Waals surface area contributed by atoms with Crippen LogP contribution in [0.2, 0.25) is 0 Å². The fraction of sp³-hybridized carbons (Fsp3) is 0.129. The Labute approximate surface area is 223 Å². The maximum absolute atomic E-state index is 13.2. The topological polar surface area (TPSA) is 68.9 Å². The number of alkyl halides is 3. The summed E-state index contributed by atoms with van der Waals surface area (Å²) >= 11 is 0. The monoisotopic (exact) mass is 531 g/mol. The third kappa shape index (κ3) is 7.04. The van der Waals surface area contributed by atoms with Crippen molar-refractivity contribution in [1.29, 1.82) is 0 Å². The molecule has 0 aliphatic carbocycles. The number of halogens is 4. The smallest absolute Gasteiger partial charge is 0.369 e. The van der Waals surface area contributed by atoms with Crippen molar-refractivity contribution in [3.05, 3.63) is 120 Å². The van der Waals surface area contributed by atoms with E-state index >= 15 is 0 Å². The summed E-state index contributed by atoms with van der Waals surface area (Å²) in [5.41, 5.74) is 9.53. The predicted molar refractivity (Wildman–Crippen MR) is 144 cm³/mol. The van der Waals surface area contributed by atoms with Crippen LogP contribution >= 0.6 is 0 Å². The Morgan fingerprint density at radius 2 is 1.46 bits per heavy atom. The molecule has 0 saturated carbocycles. The Morgan fingerprint density at radius 1 is 0.821 bits per heavy atom. The normalized spacial score (nSPS) is 11.1. The Hall–Kier alpha value is -4.59. The third-order valence-electron chi connectivity index (χ3n) is 6.06. The van der Waals surface area contributed by atoms with Gasteiger partial charge in [-0.15, -0.1) is 0 Å². The number of primary amides is 1. The highest BCUT2D eigenvalue weighted by Crippen LogP contribution is 2.34. The van der Waals surface area contributed by atoms with Crippen LogP contribution in [-0.4, -0.2) is 15.9 Å². The van der Waals surface area contributed by atoms with Crippen LogP contribution in [0.4, 0.5) is 17.6 Å². The fourth-order valence-corrected chi connectivity index (χ4v) is 3.96. The van der Waals surface area contributed by atoms with E-state index in [4.69, 9.17) is 5.73 Å². The lowest BCUT2D eigenvalue weighted by Gasteiger charge is -2.10. The highest BCUT2D eigenvalue weighted by molar-refractivity contribution is 5.79. The second-order valence-corrected chi connectivity index (χ2v) is 8.83. The number of nitrogens with zero attached hydrogens (tertiary/aromatic N) is 2. The van der Waals surface area contributed by atoms with Crippen molar-refractivity contribution in [1.82, 2.24) is 9.97 Å². The van der Waals surface area contributed by atoms with Crippen molar-refractivity contribution >= 4 is 16.9 Å². The molecule has 2 N–H and O–H groups in total. The average molecular weight is 532 g/mol. The molecule has 0 aliphatic rings. The van der Waals surface area contributed by atoms with Gasteiger partial charge in [0.05, 0.1) is 17.7 Å². The molecule has 0 aliphatic heterocycles. The third-order valence-corrected chi connectivity index (χ3v) is 6.06. The highest BCUT2D eigenvalue weighted by atomic mass is 19.4. The number of pyridine rings is 2. The summed E-state index contributed by atoms with van der Waals surface area (Å²) in [7, 11) is 0. The lowest BCUT2D eigenvalue weighted by Crippen LogP contribution is -2.13. The van der Waals surface area contributed by atoms with Gasteiger partial charge in [-0.3, -0.25) is 4.79 Å². The van der Waals surface area contributed by atoms with Crippen LogP contribution < -0.4 is 5.73 Å². The molecule has 198 valence electrons. The average Bonchev–Trinajstić information content (AvgIpc) is 2.93. The molecule has 1 amide bonds. The first-order chi connectivity index (χ1) is 18.6. The van der Waals surface area contributed by atoms with Crippen LogP contribution in [0.25, 0.3) is 33.4 Å². The number of hydrogen-bond donors (Lipinski definition) is 1. The van der Waals surface area contributed by atoms with Gasteiger partial charge in [-0.1, -0.05) is 61.5 Å². The van der Waals surface area contributed by atoms with E-state index in [1.165, 1.54) is 6.07 Å². The van der Waals surface area contributed by atoms with Crippen LogP contribution in [0, 0.1) is 5.82 Å². The first-order valence-corrected chi connectivity index (χ1v) is 12.2. The molecule has 0 unspecified atom stereocenters. The molecule has 39 heavy (non-hydrogen) atoms. The Bertz CT molecular complexity index is 1580. The predicted octanol–water partition coefficient (Wildman–Crippen LogP) is 7.40. The molecule has 4 nitrogen and oxygen atoms in total. The number of aromatic nitrogens is 2. The second kappa shape index (κ2) is 11.9. The van der Waals surface area contributed by atoms with Gasteiger partial charge in [-0.2, -0.15) is 13.2 Å². The molecular weight excluding hydrogens is 506 g/mol. The van der Waals surface area contributed by atoms with E-state index in [0.717, 1.165) is 52.0 Å². The molecule has 3 aromatic carbocycles. The molecule has 0 spiro atoms. The molecule has 5 aromatic rings. The van der Waals surface area contributed by atoms with Gasteiger partial charge in [0.2, 0.25) is 5.91 Å². The van der Waals surface area contributed by atoms with Crippen molar-refractivity contribution < 1.29 is 22.4 Å². The minimum Gasteiger partial charge on any atom is -0.369 e. The van der Waals surface area contributed by atoms with Crippen LogP contribution in [-0.2, 0) is 23.8 Å². The number of fused-ring (bicyclic) bond motifs is 1. The Kier molecular flexibility index (Phi) is 8.34. The van der Waals surface area contributed by atoms with Gasteiger partial charge in [-0.25, -0.2) is 14.4 Å². The molecule has 0 radical (unpaired) electrons. The maximum atomic E-state index is 13.2. The number of amides is 1. The number of carbonyl (C=O) groups is 1. The van der Waals surface area contributed by atoms with Crippen molar-refractivity contribution in [2.24, 2.45) is 5.73 Å². The van der Waals surface area contributed by atoms with Gasteiger partial charge in [0, 0.05) is 17.1 Å². The van der Waals surface area contributed by atoms with E-state index in [9.17, 15) is 22.4 Å². The van der Waals surface area contributed by atoms with Crippen molar-refractivity contribution in [2.45, 2.75) is 25.9 Å². The van der Waals surface area contributed by atoms with E-state index in [1.807, 2.05) is 67.6 Å². The molecule has 0 saturated heterocycles. The molecular formula is C31H25F4N3O. The van der Waals surface area contributed by atoms with Crippen molar-refractivity contribution in [3.63, 3.8) is 0 Å². The highest BCUT2D eigenvalue weighted by Gasteiger charge is 2.34. The SMILES string of the molecule is CCc1ccc(-c2ccc(F)c(C(F)(F)F)c2)cc1.NC(=O)Cc1ccc(-c2ccc3cccnc3n2)cc1. The van der Waals surface area contributed by atoms with Gasteiger partial charge in [-0.05, 0) is 65.1 Å². The zero-order chi connectivity index (χ0) is 28.0. The number of aryl methyl sites for hydroxylation is 1. The molecule has 0 fully saturated rings. The van der Waals surface area contributed by atoms with Gasteiger partial charge in [0.15, 0.2) is 5.65 Å². The number of benzene rings is 3. The fourth-order valence-electron chi connectivity index (χ4n) is 3.96. The van der Waals surface area contributed by atoms with E-state index in [-0.39, 0.29) is 12.3 Å². The summed E-state index contributed by atoms with van der Waals surface area (Å²) in [4.78, 5) is 19.7. The van der Waals surface area contributed by atoms with E-state index < -0.39 is 17.6 Å². The largest absolute Gasteiger partial charge is 0.419 e. The molecule has 0 atom stereocenters. The standard InChI is InChI=1S/C16H13N3O.C15H12F4/c17-15(20)10-11-3-5-12(6-4-11)14-8-7-13-2-1-9-18-16(13)19-14;1-2-10-3-5-11(6-4-10)12-7-8-14(16)13(9-12)15(17,18)19/h1-9H,10H2,(H2,17,20);3-9H,2H2,1H3. The lowest BCUT2D eigenvalue weighted by atomic mass is 10.0. The van der Waals surface area contributed by atoms with Crippen molar-refractivity contribution in [2.75, 3.05) is 0 Å². The summed E-state index contributed by atoms with van der Waals surface area (Å²) in [6.45, 7) is 1.99. The van der Waals surface area contributed by atoms with Crippen LogP contribution in [0.3, 0.4) is 0 Å². The molecule has 5 rings (SSSR count). The maximum Gasteiger partial charge on any atom is 0.419 e. The lowest BCUT2D eigenvalue weighted by molar-refractivity contribution is -0.140. The summed E-state index contributed by atoms with van der Waals surface area (Å²) in [6, 6.07) is 25.7. The quantitative estimate of drug-likeness (QED) is 0.240. The number of nitrogens with two attached hydrogens (primary N) is 1. The minimum atomic E-state index is -4.68. The first kappa shape index (κ1) is 27.4. The summed E-state index contributed by atoms with van der Waals surface area (Å²) in [6.07, 6.45) is -1.83. The van der Waals surface area contributed by atoms with Gasteiger partial charge in [0.1, 0.15) is 5.82 Å². The Balaban J connectivity index is 0.000000181.